The summed E-state index contributed by atoms with van der Waals surface area (Å²) in [5, 5.41) is 3.07. The first-order valence-electron chi connectivity index (χ1n) is 6.79. The van der Waals surface area contributed by atoms with Crippen LogP contribution in [0.3, 0.4) is 0 Å². The molecule has 0 saturated carbocycles. The number of aromatic nitrogens is 1. The molecule has 2 amide bonds. The van der Waals surface area contributed by atoms with Crippen LogP contribution in [-0.4, -0.2) is 43.4 Å². The Labute approximate surface area is 132 Å². The lowest BCUT2D eigenvalue weighted by atomic mass is 9.98. The predicted octanol–water partition coefficient (Wildman–Crippen LogP) is 1.18. The Hall–Kier alpha value is -3.03. The molecule has 0 aliphatic rings. The van der Waals surface area contributed by atoms with E-state index < -0.39 is 24.0 Å². The number of para-hydroxylation sites is 1. The van der Waals surface area contributed by atoms with Crippen molar-refractivity contribution in [1.29, 1.82) is 0 Å². The molecular formula is C15H17N3O5. The van der Waals surface area contributed by atoms with Gasteiger partial charge in [0, 0.05) is 18.1 Å². The maximum atomic E-state index is 12.1. The van der Waals surface area contributed by atoms with E-state index in [1.807, 2.05) is 0 Å². The molecule has 1 aromatic carbocycles. The van der Waals surface area contributed by atoms with Crippen LogP contribution in [0.1, 0.15) is 11.5 Å². The molecule has 122 valence electrons. The summed E-state index contributed by atoms with van der Waals surface area (Å²) >= 11 is 0. The molecular weight excluding hydrogens is 302 g/mol. The monoisotopic (exact) mass is 319 g/mol. The molecule has 0 aliphatic heterocycles. The number of hydrogen-bond acceptors (Lipinski definition) is 5. The maximum Gasteiger partial charge on any atom is 0.418 e. The van der Waals surface area contributed by atoms with E-state index in [1.165, 1.54) is 25.0 Å². The van der Waals surface area contributed by atoms with Gasteiger partial charge >= 0.3 is 18.1 Å². The summed E-state index contributed by atoms with van der Waals surface area (Å²) in [6.45, 7) is -0.0445. The third-order valence-electron chi connectivity index (χ3n) is 3.46. The standard InChI is InChI=1S/C15H17N3O5/c1-22-13(19)10(7-17-14(16)20)11-8-18(15(21)23-2)12-6-4-3-5-9(11)12/h3-6,8,10H,7H2,1-2H3,(H3,16,17,20). The number of benzene rings is 1. The zero-order valence-corrected chi connectivity index (χ0v) is 12.7. The van der Waals surface area contributed by atoms with Gasteiger partial charge in [-0.1, -0.05) is 18.2 Å². The zero-order valence-electron chi connectivity index (χ0n) is 12.7. The molecule has 0 radical (unpaired) electrons. The molecule has 8 heteroatoms. The molecule has 0 bridgehead atoms. The number of nitrogens with zero attached hydrogens (tertiary/aromatic N) is 1. The van der Waals surface area contributed by atoms with Crippen LogP contribution in [-0.2, 0) is 14.3 Å². The molecule has 1 heterocycles. The number of primary amides is 1. The topological polar surface area (TPSA) is 113 Å². The molecule has 1 atom stereocenters. The van der Waals surface area contributed by atoms with Gasteiger partial charge in [0.1, 0.15) is 5.92 Å². The molecule has 8 nitrogen and oxygen atoms in total. The first kappa shape index (κ1) is 16.3. The summed E-state index contributed by atoms with van der Waals surface area (Å²) < 4.78 is 10.8. The largest absolute Gasteiger partial charge is 0.468 e. The minimum absolute atomic E-state index is 0.0445. The molecule has 2 aromatic rings. The third-order valence-corrected chi connectivity index (χ3v) is 3.46. The first-order chi connectivity index (χ1) is 11.0. The number of rotatable bonds is 4. The maximum absolute atomic E-state index is 12.1. The predicted molar refractivity (Wildman–Crippen MR) is 82.1 cm³/mol. The first-order valence-corrected chi connectivity index (χ1v) is 6.79. The van der Waals surface area contributed by atoms with E-state index in [4.69, 9.17) is 15.2 Å². The van der Waals surface area contributed by atoms with Crippen molar-refractivity contribution in [2.24, 2.45) is 5.73 Å². The number of methoxy groups -OCH3 is 2. The lowest BCUT2D eigenvalue weighted by Gasteiger charge is -2.14. The van der Waals surface area contributed by atoms with Gasteiger partial charge in [-0.3, -0.25) is 9.36 Å². The zero-order chi connectivity index (χ0) is 17.0. The lowest BCUT2D eigenvalue weighted by molar-refractivity contribution is -0.142. The van der Waals surface area contributed by atoms with E-state index in [1.54, 1.807) is 24.3 Å². The van der Waals surface area contributed by atoms with Crippen molar-refractivity contribution in [2.45, 2.75) is 5.92 Å². The molecule has 1 unspecified atom stereocenters. The van der Waals surface area contributed by atoms with Crippen LogP contribution >= 0.6 is 0 Å². The van der Waals surface area contributed by atoms with E-state index in [0.717, 1.165) is 0 Å². The van der Waals surface area contributed by atoms with E-state index in [9.17, 15) is 14.4 Å². The van der Waals surface area contributed by atoms with Gasteiger partial charge in [0.15, 0.2) is 0 Å². The normalized spacial score (nSPS) is 11.7. The number of nitrogens with two attached hydrogens (primary N) is 1. The van der Waals surface area contributed by atoms with Crippen LogP contribution in [0, 0.1) is 0 Å². The highest BCUT2D eigenvalue weighted by Crippen LogP contribution is 2.28. The average Bonchev–Trinajstić information content (AvgIpc) is 2.93. The molecule has 23 heavy (non-hydrogen) atoms. The lowest BCUT2D eigenvalue weighted by Crippen LogP contribution is -2.35. The third kappa shape index (κ3) is 3.25. The Morgan fingerprint density at radius 3 is 2.52 bits per heavy atom. The average molecular weight is 319 g/mol. The van der Waals surface area contributed by atoms with Gasteiger partial charge in [0.05, 0.1) is 19.7 Å². The van der Waals surface area contributed by atoms with Gasteiger partial charge in [-0.15, -0.1) is 0 Å². The van der Waals surface area contributed by atoms with Gasteiger partial charge in [-0.2, -0.15) is 0 Å². The fraction of sp³-hybridized carbons (Fsp3) is 0.267. The molecule has 1 aromatic heterocycles. The fourth-order valence-electron chi connectivity index (χ4n) is 2.40. The number of nitrogens with one attached hydrogen (secondary N) is 1. The summed E-state index contributed by atoms with van der Waals surface area (Å²) in [5.74, 6) is -1.35. The van der Waals surface area contributed by atoms with Gasteiger partial charge in [-0.05, 0) is 11.6 Å². The van der Waals surface area contributed by atoms with E-state index >= 15 is 0 Å². The SMILES string of the molecule is COC(=O)C(CNC(N)=O)c1cn(C(=O)OC)c2ccccc12. The Morgan fingerprint density at radius 2 is 1.91 bits per heavy atom. The van der Waals surface area contributed by atoms with E-state index in [0.29, 0.717) is 16.5 Å². The summed E-state index contributed by atoms with van der Waals surface area (Å²) in [6, 6.07) is 6.29. The van der Waals surface area contributed by atoms with Crippen molar-refractivity contribution in [1.82, 2.24) is 9.88 Å². The minimum Gasteiger partial charge on any atom is -0.468 e. The summed E-state index contributed by atoms with van der Waals surface area (Å²) in [4.78, 5) is 34.9. The van der Waals surface area contributed by atoms with Crippen LogP contribution in [0.15, 0.2) is 30.5 Å². The molecule has 0 spiro atoms. The number of carbonyl (C=O) groups is 3. The Bertz CT molecular complexity index is 753. The highest BCUT2D eigenvalue weighted by molar-refractivity contribution is 5.95. The number of fused-ring (bicyclic) bond motifs is 1. The van der Waals surface area contributed by atoms with Crippen LogP contribution in [0.25, 0.3) is 10.9 Å². The van der Waals surface area contributed by atoms with Crippen molar-refractivity contribution >= 4 is 29.0 Å². The smallest absolute Gasteiger partial charge is 0.418 e. The van der Waals surface area contributed by atoms with E-state index in [2.05, 4.69) is 5.32 Å². The highest BCUT2D eigenvalue weighted by Gasteiger charge is 2.27. The van der Waals surface area contributed by atoms with E-state index in [-0.39, 0.29) is 6.54 Å². The summed E-state index contributed by atoms with van der Waals surface area (Å²) in [6.07, 6.45) is 0.916. The number of carbonyl (C=O) groups excluding carboxylic acids is 3. The van der Waals surface area contributed by atoms with Crippen molar-refractivity contribution in [3.05, 3.63) is 36.0 Å². The fourth-order valence-corrected chi connectivity index (χ4v) is 2.40. The molecule has 3 N–H and O–H groups in total. The van der Waals surface area contributed by atoms with Crippen molar-refractivity contribution in [3.8, 4) is 0 Å². The molecule has 2 rings (SSSR count). The van der Waals surface area contributed by atoms with Crippen LogP contribution in [0.2, 0.25) is 0 Å². The number of hydrogen-bond donors (Lipinski definition) is 2. The van der Waals surface area contributed by atoms with Crippen LogP contribution in [0.4, 0.5) is 9.59 Å². The molecule has 0 aliphatic carbocycles. The number of amides is 2. The second kappa shape index (κ2) is 6.82. The second-order valence-corrected chi connectivity index (χ2v) is 4.76. The van der Waals surface area contributed by atoms with Crippen molar-refractivity contribution in [2.75, 3.05) is 20.8 Å². The Kier molecular flexibility index (Phi) is 4.85. The van der Waals surface area contributed by atoms with Crippen LogP contribution in [0.5, 0.6) is 0 Å². The summed E-state index contributed by atoms with van der Waals surface area (Å²) in [5.41, 5.74) is 6.19. The molecule has 0 fully saturated rings. The van der Waals surface area contributed by atoms with Crippen LogP contribution < -0.4 is 11.1 Å². The van der Waals surface area contributed by atoms with Gasteiger partial charge < -0.3 is 20.5 Å². The number of urea groups is 1. The summed E-state index contributed by atoms with van der Waals surface area (Å²) in [7, 11) is 2.52. The quantitative estimate of drug-likeness (QED) is 0.822. The Balaban J connectivity index is 2.56. The van der Waals surface area contributed by atoms with Gasteiger partial charge in [0.2, 0.25) is 0 Å². The van der Waals surface area contributed by atoms with Crippen molar-refractivity contribution < 1.29 is 23.9 Å². The highest BCUT2D eigenvalue weighted by atomic mass is 16.5. The second-order valence-electron chi connectivity index (χ2n) is 4.76. The Morgan fingerprint density at radius 1 is 1.22 bits per heavy atom. The van der Waals surface area contributed by atoms with Gasteiger partial charge in [-0.25, -0.2) is 9.59 Å². The number of esters is 1. The minimum atomic E-state index is -0.802. The van der Waals surface area contributed by atoms with Gasteiger partial charge in [0.25, 0.3) is 0 Å². The number of ether oxygens (including phenoxy) is 2. The molecule has 0 saturated heterocycles. The van der Waals surface area contributed by atoms with Crippen molar-refractivity contribution in [3.63, 3.8) is 0 Å².